The second kappa shape index (κ2) is 13.7. The number of benzene rings is 2. The van der Waals surface area contributed by atoms with Crippen molar-refractivity contribution in [2.75, 3.05) is 32.8 Å². The number of nitrogens with one attached hydrogen (secondary N) is 2. The molecule has 2 aromatic rings. The van der Waals surface area contributed by atoms with Crippen LogP contribution in [-0.4, -0.2) is 89.1 Å². The Morgan fingerprint density at radius 3 is 2.46 bits per heavy atom. The molecule has 2 amide bonds. The molecule has 0 radical (unpaired) electrons. The quantitative estimate of drug-likeness (QED) is 0.298. The Hall–Kier alpha value is -2.82. The number of likely N-dealkylation sites (tertiary alicyclic amines) is 1. The van der Waals surface area contributed by atoms with Gasteiger partial charge in [0.15, 0.2) is 0 Å². The molecular formula is C37H52N4O5. The number of hydrogen-bond acceptors (Lipinski definition) is 7. The predicted molar refractivity (Wildman–Crippen MR) is 177 cm³/mol. The zero-order valence-corrected chi connectivity index (χ0v) is 27.8. The van der Waals surface area contributed by atoms with E-state index >= 15 is 0 Å². The van der Waals surface area contributed by atoms with E-state index in [2.05, 4.69) is 36.3 Å². The molecule has 2 bridgehead atoms. The van der Waals surface area contributed by atoms with Crippen molar-refractivity contribution >= 4 is 11.8 Å². The van der Waals surface area contributed by atoms with Crippen LogP contribution in [0.4, 0.5) is 0 Å². The Balaban J connectivity index is 1.15. The minimum absolute atomic E-state index is 0.0797. The van der Waals surface area contributed by atoms with Crippen LogP contribution in [0.1, 0.15) is 69.3 Å². The maximum absolute atomic E-state index is 14.0. The van der Waals surface area contributed by atoms with Crippen molar-refractivity contribution < 1.29 is 24.6 Å². The predicted octanol–water partition coefficient (Wildman–Crippen LogP) is 3.84. The van der Waals surface area contributed by atoms with Gasteiger partial charge in [-0.2, -0.15) is 5.06 Å². The van der Waals surface area contributed by atoms with Gasteiger partial charge in [0.25, 0.3) is 5.91 Å². The number of carbonyl (C=O) groups excluding carboxylic acids is 2. The van der Waals surface area contributed by atoms with Gasteiger partial charge in [0.05, 0.1) is 19.3 Å². The molecule has 3 saturated carbocycles. The van der Waals surface area contributed by atoms with Crippen LogP contribution < -0.4 is 10.6 Å². The number of aliphatic hydroxyl groups excluding tert-OH is 2. The molecule has 2 aliphatic heterocycles. The molecule has 0 aromatic heterocycles. The Kier molecular flexibility index (Phi) is 9.88. The van der Waals surface area contributed by atoms with Crippen LogP contribution in [0.2, 0.25) is 0 Å². The lowest BCUT2D eigenvalue weighted by Crippen LogP contribution is -2.62. The van der Waals surface area contributed by atoms with E-state index in [-0.39, 0.29) is 24.5 Å². The van der Waals surface area contributed by atoms with E-state index in [9.17, 15) is 19.8 Å². The minimum Gasteiger partial charge on any atom is -0.394 e. The maximum atomic E-state index is 14.0. The molecular weight excluding hydrogens is 580 g/mol. The summed E-state index contributed by atoms with van der Waals surface area (Å²) in [6.07, 6.45) is 3.12. The summed E-state index contributed by atoms with van der Waals surface area (Å²) < 4.78 is 0. The molecule has 46 heavy (non-hydrogen) atoms. The fourth-order valence-corrected chi connectivity index (χ4v) is 8.79. The highest BCUT2D eigenvalue weighted by Crippen LogP contribution is 2.61. The fourth-order valence-electron chi connectivity index (χ4n) is 8.79. The van der Waals surface area contributed by atoms with Crippen molar-refractivity contribution in [3.05, 3.63) is 59.7 Å². The van der Waals surface area contributed by atoms with E-state index in [1.807, 2.05) is 48.5 Å². The van der Waals surface area contributed by atoms with Gasteiger partial charge in [0.1, 0.15) is 12.1 Å². The first kappa shape index (κ1) is 33.1. The van der Waals surface area contributed by atoms with Gasteiger partial charge >= 0.3 is 0 Å². The lowest BCUT2D eigenvalue weighted by molar-refractivity contribution is -0.183. The molecule has 8 atom stereocenters. The Bertz CT molecular complexity index is 1390. The molecule has 0 spiro atoms. The Morgan fingerprint density at radius 1 is 1.07 bits per heavy atom. The van der Waals surface area contributed by atoms with E-state index in [1.165, 1.54) is 19.3 Å². The number of hydroxylamine groups is 2. The third-order valence-corrected chi connectivity index (χ3v) is 11.7. The van der Waals surface area contributed by atoms with Crippen molar-refractivity contribution in [2.45, 2.75) is 84.2 Å². The molecule has 2 saturated heterocycles. The molecule has 9 heteroatoms. The van der Waals surface area contributed by atoms with E-state index in [0.717, 1.165) is 42.7 Å². The lowest BCUT2D eigenvalue weighted by Gasteiger charge is -2.62. The molecule has 2 aromatic carbocycles. The maximum Gasteiger partial charge on any atom is 0.251 e. The number of fused-ring (bicyclic) bond motifs is 2. The average Bonchev–Trinajstić information content (AvgIpc) is 3.70. The summed E-state index contributed by atoms with van der Waals surface area (Å²) in [7, 11) is 0. The van der Waals surface area contributed by atoms with Gasteiger partial charge in [-0.05, 0) is 104 Å². The largest absolute Gasteiger partial charge is 0.394 e. The summed E-state index contributed by atoms with van der Waals surface area (Å²) in [5.41, 5.74) is 3.73. The van der Waals surface area contributed by atoms with Gasteiger partial charge in [0, 0.05) is 30.6 Å². The first-order valence-corrected chi connectivity index (χ1v) is 17.3. The normalized spacial score (nSPS) is 31.3. The summed E-state index contributed by atoms with van der Waals surface area (Å²) in [5, 5.41) is 29.0. The van der Waals surface area contributed by atoms with Gasteiger partial charge in [-0.15, -0.1) is 0 Å². The average molecular weight is 633 g/mol. The van der Waals surface area contributed by atoms with Crippen LogP contribution in [0.15, 0.2) is 48.5 Å². The summed E-state index contributed by atoms with van der Waals surface area (Å²) in [6.45, 7) is 12.3. The van der Waals surface area contributed by atoms with E-state index in [4.69, 9.17) is 4.84 Å². The Morgan fingerprint density at radius 2 is 1.78 bits per heavy atom. The van der Waals surface area contributed by atoms with Crippen LogP contribution in [0.5, 0.6) is 0 Å². The van der Waals surface area contributed by atoms with Crippen molar-refractivity contribution in [1.29, 1.82) is 0 Å². The monoisotopic (exact) mass is 632 g/mol. The highest BCUT2D eigenvalue weighted by atomic mass is 16.7. The van der Waals surface area contributed by atoms with Crippen molar-refractivity contribution in [2.24, 2.45) is 29.1 Å². The number of amides is 2. The highest BCUT2D eigenvalue weighted by molar-refractivity contribution is 5.95. The van der Waals surface area contributed by atoms with Crippen LogP contribution in [0.3, 0.4) is 0 Å². The minimum atomic E-state index is -0.843. The topological polar surface area (TPSA) is 114 Å². The molecule has 4 N–H and O–H groups in total. The second-order valence-corrected chi connectivity index (χ2v) is 14.8. The molecule has 3 aliphatic carbocycles. The van der Waals surface area contributed by atoms with Gasteiger partial charge in [-0.25, -0.2) is 0 Å². The molecule has 2 unspecified atom stereocenters. The number of aliphatic hydroxyl groups is 2. The van der Waals surface area contributed by atoms with Gasteiger partial charge in [0.2, 0.25) is 5.91 Å². The van der Waals surface area contributed by atoms with Gasteiger partial charge < -0.3 is 25.7 Å². The number of hydrogen-bond donors (Lipinski definition) is 4. The summed E-state index contributed by atoms with van der Waals surface area (Å²) >= 11 is 0. The molecule has 2 heterocycles. The first-order chi connectivity index (χ1) is 22.1. The van der Waals surface area contributed by atoms with Crippen LogP contribution in [0, 0.1) is 29.1 Å². The smallest absolute Gasteiger partial charge is 0.251 e. The van der Waals surface area contributed by atoms with Crippen molar-refractivity contribution in [3.8, 4) is 11.1 Å². The number of nitrogens with zero attached hydrogens (tertiary/aromatic N) is 2. The molecule has 5 aliphatic rings. The third kappa shape index (κ3) is 6.62. The van der Waals surface area contributed by atoms with Crippen molar-refractivity contribution in [1.82, 2.24) is 20.6 Å². The van der Waals surface area contributed by atoms with Crippen molar-refractivity contribution in [3.63, 3.8) is 0 Å². The second-order valence-electron chi connectivity index (χ2n) is 14.8. The van der Waals surface area contributed by atoms with Crippen LogP contribution in [0.25, 0.3) is 11.1 Å². The summed E-state index contributed by atoms with van der Waals surface area (Å²) in [6, 6.07) is 15.0. The Labute approximate surface area is 273 Å². The summed E-state index contributed by atoms with van der Waals surface area (Å²) in [5.74, 6) is 0.764. The zero-order chi connectivity index (χ0) is 32.6. The van der Waals surface area contributed by atoms with Crippen LogP contribution >= 0.6 is 0 Å². The first-order valence-electron chi connectivity index (χ1n) is 17.3. The standard InChI is InChI=1S/C37H52N4O5/c1-23-30-19-29(37(30,3)4)20-31(23)39-36(45)34-33(24(2)43)32(22-42)46-41(34)21-25-9-7-10-26(17-25)27-11-8-12-28(18-27)35(44)38-13-16-40-14-5-6-15-40/h7-12,17-18,23-24,29-34,42-43H,5-6,13-16,19-22H2,1-4H3,(H,38,44)(H,39,45)/t23?,24-,29+,30-,31-,32-,33?,34-/m0/s1. The van der Waals surface area contributed by atoms with E-state index in [1.54, 1.807) is 12.0 Å². The van der Waals surface area contributed by atoms with Gasteiger partial charge in [-0.1, -0.05) is 51.1 Å². The van der Waals surface area contributed by atoms with Crippen LogP contribution in [-0.2, 0) is 16.2 Å². The van der Waals surface area contributed by atoms with E-state index in [0.29, 0.717) is 41.8 Å². The van der Waals surface area contributed by atoms with E-state index < -0.39 is 24.2 Å². The summed E-state index contributed by atoms with van der Waals surface area (Å²) in [4.78, 5) is 35.5. The molecule has 7 rings (SSSR count). The fraction of sp³-hybridized carbons (Fsp3) is 0.622. The third-order valence-electron chi connectivity index (χ3n) is 11.7. The zero-order valence-electron chi connectivity index (χ0n) is 27.8. The number of rotatable bonds is 11. The number of carbonyl (C=O) groups is 2. The highest BCUT2D eigenvalue weighted by Gasteiger charge is 2.57. The SMILES string of the molecule is CC1[C@@H](NC(=O)[C@@H]2C([C@H](C)O)[C@H](CO)ON2Cc2cccc(-c3cccc(C(=O)NCCN4CCCC4)c3)c2)C[C@H]2C[C@@H]1C2(C)C. The lowest BCUT2D eigenvalue weighted by atomic mass is 9.45. The molecule has 250 valence electrons. The van der Waals surface area contributed by atoms with Gasteiger partial charge in [-0.3, -0.25) is 14.4 Å². The molecule has 9 nitrogen and oxygen atoms in total. The molecule has 5 fully saturated rings.